The van der Waals surface area contributed by atoms with Crippen molar-refractivity contribution in [1.29, 1.82) is 0 Å². The molecule has 3 rings (SSSR count). The third-order valence-corrected chi connectivity index (χ3v) is 3.61. The number of amides is 1. The van der Waals surface area contributed by atoms with Gasteiger partial charge in [-0.2, -0.15) is 5.10 Å². The van der Waals surface area contributed by atoms with E-state index in [1.807, 2.05) is 12.3 Å². The minimum atomic E-state index is -0.473. The average Bonchev–Trinajstić information content (AvgIpc) is 2.92. The maximum atomic E-state index is 11.2. The minimum absolute atomic E-state index is 0.433. The molecule has 0 bridgehead atoms. The first-order chi connectivity index (χ1) is 10.2. The van der Waals surface area contributed by atoms with Crippen molar-refractivity contribution in [2.45, 2.75) is 5.03 Å². The molecule has 21 heavy (non-hydrogen) atoms. The van der Waals surface area contributed by atoms with Gasteiger partial charge in [0.25, 0.3) is 0 Å². The van der Waals surface area contributed by atoms with Crippen LogP contribution in [0.2, 0.25) is 0 Å². The summed E-state index contributed by atoms with van der Waals surface area (Å²) in [6.45, 7) is 0. The first-order valence-corrected chi connectivity index (χ1v) is 7.31. The van der Waals surface area contributed by atoms with Crippen molar-refractivity contribution in [3.05, 3.63) is 36.2 Å². The third-order valence-electron chi connectivity index (χ3n) is 2.93. The average molecular weight is 300 g/mol. The van der Waals surface area contributed by atoms with Crippen molar-refractivity contribution < 1.29 is 4.79 Å². The summed E-state index contributed by atoms with van der Waals surface area (Å²) in [4.78, 5) is 19.6. The van der Waals surface area contributed by atoms with Crippen LogP contribution in [0.3, 0.4) is 0 Å². The summed E-state index contributed by atoms with van der Waals surface area (Å²) in [5.74, 6) is 0.152. The van der Waals surface area contributed by atoms with Gasteiger partial charge in [-0.05, 0) is 24.5 Å². The lowest BCUT2D eigenvalue weighted by Gasteiger charge is -2.07. The Morgan fingerprint density at radius 1 is 1.38 bits per heavy atom. The number of anilines is 2. The number of carbonyl (C=O) groups excluding carboxylic acids is 1. The molecule has 7 nitrogen and oxygen atoms in total. The number of rotatable bonds is 4. The van der Waals surface area contributed by atoms with Gasteiger partial charge in [0.05, 0.1) is 5.39 Å². The van der Waals surface area contributed by atoms with Crippen molar-refractivity contribution in [2.24, 2.45) is 5.73 Å². The minimum Gasteiger partial charge on any atom is -0.366 e. The topological polar surface area (TPSA) is 110 Å². The summed E-state index contributed by atoms with van der Waals surface area (Å²) >= 11 is 1.50. The second-order valence-electron chi connectivity index (χ2n) is 4.25. The van der Waals surface area contributed by atoms with E-state index in [0.29, 0.717) is 17.0 Å². The fourth-order valence-corrected chi connectivity index (χ4v) is 2.50. The molecule has 4 N–H and O–H groups in total. The standard InChI is InChI=1S/C13H12N6OS/c1-21-13-9-11(15-6-16-12(9)18-19-13)17-8-4-2-3-7(5-8)10(14)20/h2-6H,1H3,(H2,14,20)(H2,15,16,17,18,19). The molecule has 0 atom stereocenters. The van der Waals surface area contributed by atoms with Gasteiger partial charge in [-0.3, -0.25) is 9.89 Å². The lowest BCUT2D eigenvalue weighted by atomic mass is 10.2. The van der Waals surface area contributed by atoms with E-state index in [1.165, 1.54) is 18.1 Å². The number of thioether (sulfide) groups is 1. The van der Waals surface area contributed by atoms with Crippen LogP contribution in [0.5, 0.6) is 0 Å². The van der Waals surface area contributed by atoms with Crippen molar-refractivity contribution in [3.8, 4) is 0 Å². The molecule has 0 fully saturated rings. The second kappa shape index (κ2) is 5.41. The number of primary amides is 1. The lowest BCUT2D eigenvalue weighted by Crippen LogP contribution is -2.10. The molecule has 8 heteroatoms. The number of fused-ring (bicyclic) bond motifs is 1. The molecule has 3 aromatic rings. The number of nitrogens with two attached hydrogens (primary N) is 1. The number of H-pyrrole nitrogens is 1. The molecular weight excluding hydrogens is 288 g/mol. The Balaban J connectivity index is 2.03. The molecule has 106 valence electrons. The molecule has 0 radical (unpaired) electrons. The number of carbonyl (C=O) groups is 1. The van der Waals surface area contributed by atoms with Gasteiger partial charge in [-0.25, -0.2) is 9.97 Å². The Hall–Kier alpha value is -2.61. The Morgan fingerprint density at radius 3 is 3.00 bits per heavy atom. The van der Waals surface area contributed by atoms with Crippen LogP contribution in [-0.2, 0) is 0 Å². The van der Waals surface area contributed by atoms with E-state index in [1.54, 1.807) is 18.2 Å². The number of benzene rings is 1. The van der Waals surface area contributed by atoms with Crippen LogP contribution in [0.25, 0.3) is 11.0 Å². The second-order valence-corrected chi connectivity index (χ2v) is 5.04. The summed E-state index contributed by atoms with van der Waals surface area (Å²) in [6, 6.07) is 6.92. The molecule has 0 saturated heterocycles. The summed E-state index contributed by atoms with van der Waals surface area (Å²) in [5, 5.41) is 11.8. The largest absolute Gasteiger partial charge is 0.366 e. The fraction of sp³-hybridized carbons (Fsp3) is 0.0769. The zero-order chi connectivity index (χ0) is 14.8. The van der Waals surface area contributed by atoms with Crippen LogP contribution >= 0.6 is 11.8 Å². The van der Waals surface area contributed by atoms with Crippen LogP contribution < -0.4 is 11.1 Å². The summed E-state index contributed by atoms with van der Waals surface area (Å²) in [6.07, 6.45) is 3.38. The van der Waals surface area contributed by atoms with Crippen LogP contribution in [0.4, 0.5) is 11.5 Å². The highest BCUT2D eigenvalue weighted by Gasteiger charge is 2.12. The summed E-state index contributed by atoms with van der Waals surface area (Å²) in [7, 11) is 0. The van der Waals surface area contributed by atoms with Gasteiger partial charge in [0, 0.05) is 11.3 Å². The van der Waals surface area contributed by atoms with E-state index in [4.69, 9.17) is 5.73 Å². The highest BCUT2D eigenvalue weighted by molar-refractivity contribution is 7.98. The lowest BCUT2D eigenvalue weighted by molar-refractivity contribution is 0.100. The molecule has 1 amide bonds. The van der Waals surface area contributed by atoms with Gasteiger partial charge < -0.3 is 11.1 Å². The Kier molecular flexibility index (Phi) is 3.44. The highest BCUT2D eigenvalue weighted by atomic mass is 32.2. The van der Waals surface area contributed by atoms with E-state index < -0.39 is 5.91 Å². The Labute approximate surface area is 124 Å². The normalized spacial score (nSPS) is 10.7. The van der Waals surface area contributed by atoms with Crippen LogP contribution in [-0.4, -0.2) is 32.3 Å². The quantitative estimate of drug-likeness (QED) is 0.635. The van der Waals surface area contributed by atoms with Crippen LogP contribution in [0.15, 0.2) is 35.6 Å². The van der Waals surface area contributed by atoms with Gasteiger partial charge in [0.2, 0.25) is 5.91 Å². The van der Waals surface area contributed by atoms with E-state index in [0.717, 1.165) is 16.1 Å². The predicted octanol–water partition coefficient (Wildman–Crippen LogP) is 1.92. The maximum Gasteiger partial charge on any atom is 0.248 e. The number of aromatic amines is 1. The van der Waals surface area contributed by atoms with E-state index >= 15 is 0 Å². The zero-order valence-electron chi connectivity index (χ0n) is 11.1. The number of hydrogen-bond acceptors (Lipinski definition) is 6. The zero-order valence-corrected chi connectivity index (χ0v) is 11.9. The molecule has 2 heterocycles. The van der Waals surface area contributed by atoms with E-state index in [-0.39, 0.29) is 0 Å². The molecule has 0 saturated carbocycles. The number of nitrogens with one attached hydrogen (secondary N) is 2. The molecule has 1 aromatic carbocycles. The van der Waals surface area contributed by atoms with Gasteiger partial charge >= 0.3 is 0 Å². The summed E-state index contributed by atoms with van der Waals surface area (Å²) < 4.78 is 0. The van der Waals surface area contributed by atoms with Crippen molar-refractivity contribution in [3.63, 3.8) is 0 Å². The first kappa shape index (κ1) is 13.4. The molecule has 2 aromatic heterocycles. The monoisotopic (exact) mass is 300 g/mol. The molecule has 0 aliphatic carbocycles. The van der Waals surface area contributed by atoms with Crippen molar-refractivity contribution in [1.82, 2.24) is 20.2 Å². The fourth-order valence-electron chi connectivity index (χ4n) is 1.96. The van der Waals surface area contributed by atoms with Gasteiger partial charge in [-0.1, -0.05) is 6.07 Å². The highest BCUT2D eigenvalue weighted by Crippen LogP contribution is 2.29. The van der Waals surface area contributed by atoms with Gasteiger partial charge in [0.1, 0.15) is 17.2 Å². The molecule has 0 spiro atoms. The van der Waals surface area contributed by atoms with Crippen molar-refractivity contribution in [2.75, 3.05) is 11.6 Å². The smallest absolute Gasteiger partial charge is 0.248 e. The first-order valence-electron chi connectivity index (χ1n) is 6.09. The number of aromatic nitrogens is 4. The Bertz CT molecular complexity index is 815. The Morgan fingerprint density at radius 2 is 2.24 bits per heavy atom. The molecular formula is C13H12N6OS. The maximum absolute atomic E-state index is 11.2. The van der Waals surface area contributed by atoms with Crippen molar-refractivity contribution >= 4 is 40.2 Å². The molecule has 0 unspecified atom stereocenters. The summed E-state index contributed by atoms with van der Waals surface area (Å²) in [5.41, 5.74) is 7.10. The van der Waals surface area contributed by atoms with E-state index in [9.17, 15) is 4.79 Å². The predicted molar refractivity (Wildman–Crippen MR) is 81.7 cm³/mol. The number of nitrogens with zero attached hydrogens (tertiary/aromatic N) is 3. The van der Waals surface area contributed by atoms with Gasteiger partial charge in [-0.15, -0.1) is 11.8 Å². The molecule has 0 aliphatic rings. The van der Waals surface area contributed by atoms with Crippen LogP contribution in [0, 0.1) is 0 Å². The SMILES string of the molecule is CSc1n[nH]c2ncnc(Nc3cccc(C(N)=O)c3)c12. The third kappa shape index (κ3) is 2.52. The number of hydrogen-bond donors (Lipinski definition) is 3. The van der Waals surface area contributed by atoms with Gasteiger partial charge in [0.15, 0.2) is 5.65 Å². The van der Waals surface area contributed by atoms with Crippen LogP contribution in [0.1, 0.15) is 10.4 Å². The molecule has 0 aliphatic heterocycles. The van der Waals surface area contributed by atoms with E-state index in [2.05, 4.69) is 25.5 Å².